The van der Waals surface area contributed by atoms with E-state index >= 15 is 0 Å². The Bertz CT molecular complexity index is 771. The molecule has 1 saturated heterocycles. The number of aliphatic hydroxyl groups is 1. The SMILES string of the molecule is C[C@@]1(O)CCN(C(=O)CCC(=O)c2ccccc2)C[C@@H]1Cc1ccccc1. The zero-order valence-electron chi connectivity index (χ0n) is 15.8. The molecule has 0 spiro atoms. The zero-order chi connectivity index (χ0) is 19.3. The first-order valence-corrected chi connectivity index (χ1v) is 9.58. The molecule has 4 nitrogen and oxygen atoms in total. The van der Waals surface area contributed by atoms with Crippen molar-refractivity contribution >= 4 is 11.7 Å². The van der Waals surface area contributed by atoms with E-state index in [1.165, 1.54) is 0 Å². The Kier molecular flexibility index (Phi) is 6.07. The number of carbonyl (C=O) groups is 2. The summed E-state index contributed by atoms with van der Waals surface area (Å²) in [6.45, 7) is 2.93. The van der Waals surface area contributed by atoms with Crippen molar-refractivity contribution < 1.29 is 14.7 Å². The van der Waals surface area contributed by atoms with Crippen LogP contribution in [0.3, 0.4) is 0 Å². The molecule has 0 unspecified atom stereocenters. The zero-order valence-corrected chi connectivity index (χ0v) is 15.8. The standard InChI is InChI=1S/C23H27NO3/c1-23(27)14-15-24(17-20(23)16-18-8-4-2-5-9-18)22(26)13-12-21(25)19-10-6-3-7-11-19/h2-11,20,27H,12-17H2,1H3/t20-,23+/m0/s1. The van der Waals surface area contributed by atoms with Gasteiger partial charge in [-0.25, -0.2) is 0 Å². The van der Waals surface area contributed by atoms with Gasteiger partial charge in [-0.2, -0.15) is 0 Å². The molecular weight excluding hydrogens is 338 g/mol. The summed E-state index contributed by atoms with van der Waals surface area (Å²) in [4.78, 5) is 26.7. The van der Waals surface area contributed by atoms with Crippen LogP contribution >= 0.6 is 0 Å². The van der Waals surface area contributed by atoms with Crippen molar-refractivity contribution in [3.63, 3.8) is 0 Å². The number of nitrogens with zero attached hydrogens (tertiary/aromatic N) is 1. The van der Waals surface area contributed by atoms with Crippen LogP contribution in [0.5, 0.6) is 0 Å². The van der Waals surface area contributed by atoms with Crippen LogP contribution in [0, 0.1) is 5.92 Å². The van der Waals surface area contributed by atoms with E-state index in [2.05, 4.69) is 12.1 Å². The van der Waals surface area contributed by atoms with Crippen LogP contribution < -0.4 is 0 Å². The maximum atomic E-state index is 12.6. The van der Waals surface area contributed by atoms with Crippen molar-refractivity contribution in [3.8, 4) is 0 Å². The van der Waals surface area contributed by atoms with E-state index < -0.39 is 5.60 Å². The summed E-state index contributed by atoms with van der Waals surface area (Å²) in [6, 6.07) is 19.1. The van der Waals surface area contributed by atoms with Gasteiger partial charge in [-0.05, 0) is 25.3 Å². The van der Waals surface area contributed by atoms with E-state index in [4.69, 9.17) is 0 Å². The molecule has 1 aliphatic heterocycles. The van der Waals surface area contributed by atoms with Gasteiger partial charge in [0.15, 0.2) is 5.78 Å². The maximum Gasteiger partial charge on any atom is 0.223 e. The van der Waals surface area contributed by atoms with Crippen molar-refractivity contribution in [1.29, 1.82) is 0 Å². The van der Waals surface area contributed by atoms with Gasteiger partial charge in [-0.15, -0.1) is 0 Å². The monoisotopic (exact) mass is 365 g/mol. The molecule has 1 N–H and O–H groups in total. The highest BCUT2D eigenvalue weighted by molar-refractivity contribution is 5.97. The molecule has 0 bridgehead atoms. The number of carbonyl (C=O) groups excluding carboxylic acids is 2. The van der Waals surface area contributed by atoms with E-state index in [9.17, 15) is 14.7 Å². The first-order valence-electron chi connectivity index (χ1n) is 9.58. The van der Waals surface area contributed by atoms with Gasteiger partial charge in [0, 0.05) is 37.4 Å². The molecule has 2 aromatic rings. The second-order valence-electron chi connectivity index (χ2n) is 7.62. The Hall–Kier alpha value is -2.46. The molecule has 0 radical (unpaired) electrons. The fraction of sp³-hybridized carbons (Fsp3) is 0.391. The Balaban J connectivity index is 1.58. The number of hydrogen-bond donors (Lipinski definition) is 1. The van der Waals surface area contributed by atoms with Crippen LogP contribution in [-0.2, 0) is 11.2 Å². The molecular formula is C23H27NO3. The van der Waals surface area contributed by atoms with Crippen molar-refractivity contribution in [3.05, 3.63) is 71.8 Å². The lowest BCUT2D eigenvalue weighted by Gasteiger charge is -2.43. The molecule has 1 aliphatic rings. The van der Waals surface area contributed by atoms with Crippen molar-refractivity contribution in [2.75, 3.05) is 13.1 Å². The first-order chi connectivity index (χ1) is 13.0. The number of hydrogen-bond acceptors (Lipinski definition) is 3. The van der Waals surface area contributed by atoms with Crippen LogP contribution in [0.4, 0.5) is 0 Å². The highest BCUT2D eigenvalue weighted by Gasteiger charge is 2.38. The third-order valence-corrected chi connectivity index (χ3v) is 5.55. The molecule has 2 atom stereocenters. The summed E-state index contributed by atoms with van der Waals surface area (Å²) in [5.41, 5.74) is 1.03. The summed E-state index contributed by atoms with van der Waals surface area (Å²) in [5, 5.41) is 10.8. The van der Waals surface area contributed by atoms with E-state index in [1.54, 1.807) is 12.1 Å². The predicted molar refractivity (Wildman–Crippen MR) is 105 cm³/mol. The number of amides is 1. The molecule has 2 aromatic carbocycles. The predicted octanol–water partition coefficient (Wildman–Crippen LogP) is 3.49. The van der Waals surface area contributed by atoms with Gasteiger partial charge in [-0.1, -0.05) is 60.7 Å². The Morgan fingerprint density at radius 3 is 2.33 bits per heavy atom. The van der Waals surface area contributed by atoms with Crippen LogP contribution in [0.1, 0.15) is 42.1 Å². The van der Waals surface area contributed by atoms with E-state index in [0.29, 0.717) is 25.1 Å². The summed E-state index contributed by atoms with van der Waals surface area (Å²) < 4.78 is 0. The first kappa shape index (κ1) is 19.3. The molecule has 142 valence electrons. The average Bonchev–Trinajstić information content (AvgIpc) is 2.69. The fourth-order valence-electron chi connectivity index (χ4n) is 3.68. The summed E-state index contributed by atoms with van der Waals surface area (Å²) in [7, 11) is 0. The lowest BCUT2D eigenvalue weighted by Crippen LogP contribution is -2.52. The Labute approximate surface area is 160 Å². The largest absolute Gasteiger partial charge is 0.390 e. The molecule has 3 rings (SSSR count). The third kappa shape index (κ3) is 5.04. The van der Waals surface area contributed by atoms with Gasteiger partial charge in [0.05, 0.1) is 5.60 Å². The Morgan fingerprint density at radius 2 is 1.67 bits per heavy atom. The lowest BCUT2D eigenvalue weighted by atomic mass is 9.78. The Morgan fingerprint density at radius 1 is 1.04 bits per heavy atom. The van der Waals surface area contributed by atoms with Crippen molar-refractivity contribution in [2.24, 2.45) is 5.92 Å². The fourth-order valence-corrected chi connectivity index (χ4v) is 3.68. The molecule has 0 aromatic heterocycles. The van der Waals surface area contributed by atoms with E-state index in [0.717, 1.165) is 12.0 Å². The minimum absolute atomic E-state index is 0.00575. The summed E-state index contributed by atoms with van der Waals surface area (Å²) >= 11 is 0. The molecule has 1 heterocycles. The minimum atomic E-state index is -0.785. The number of rotatable bonds is 6. The number of benzene rings is 2. The summed E-state index contributed by atoms with van der Waals surface area (Å²) in [6.07, 6.45) is 1.73. The quantitative estimate of drug-likeness (QED) is 0.797. The molecule has 4 heteroatoms. The number of ketones is 1. The van der Waals surface area contributed by atoms with E-state index in [1.807, 2.05) is 48.2 Å². The van der Waals surface area contributed by atoms with E-state index in [-0.39, 0.29) is 30.4 Å². The van der Waals surface area contributed by atoms with Crippen LogP contribution in [0.25, 0.3) is 0 Å². The summed E-state index contributed by atoms with van der Waals surface area (Å²) in [5.74, 6) is -0.0240. The topological polar surface area (TPSA) is 57.6 Å². The van der Waals surface area contributed by atoms with Gasteiger partial charge in [0.2, 0.25) is 5.91 Å². The van der Waals surface area contributed by atoms with Crippen molar-refractivity contribution in [1.82, 2.24) is 4.90 Å². The van der Waals surface area contributed by atoms with Gasteiger partial charge in [-0.3, -0.25) is 9.59 Å². The normalized spacial score (nSPS) is 22.4. The molecule has 27 heavy (non-hydrogen) atoms. The van der Waals surface area contributed by atoms with Crippen molar-refractivity contribution in [2.45, 2.75) is 38.2 Å². The lowest BCUT2D eigenvalue weighted by molar-refractivity contribution is -0.138. The molecule has 1 fully saturated rings. The number of Topliss-reactive ketones (excluding diaryl/α,β-unsaturated/α-hetero) is 1. The second-order valence-corrected chi connectivity index (χ2v) is 7.62. The minimum Gasteiger partial charge on any atom is -0.390 e. The second kappa shape index (κ2) is 8.49. The molecule has 0 saturated carbocycles. The average molecular weight is 365 g/mol. The molecule has 0 aliphatic carbocycles. The van der Waals surface area contributed by atoms with Gasteiger partial charge in [0.25, 0.3) is 0 Å². The number of likely N-dealkylation sites (tertiary alicyclic amines) is 1. The van der Waals surface area contributed by atoms with Crippen LogP contribution in [0.2, 0.25) is 0 Å². The molecule has 1 amide bonds. The van der Waals surface area contributed by atoms with Gasteiger partial charge < -0.3 is 10.0 Å². The third-order valence-electron chi connectivity index (χ3n) is 5.55. The van der Waals surface area contributed by atoms with Crippen LogP contribution in [-0.4, -0.2) is 40.4 Å². The smallest absolute Gasteiger partial charge is 0.223 e. The van der Waals surface area contributed by atoms with Gasteiger partial charge >= 0.3 is 0 Å². The number of piperidine rings is 1. The van der Waals surface area contributed by atoms with Gasteiger partial charge in [0.1, 0.15) is 0 Å². The van der Waals surface area contributed by atoms with Crippen LogP contribution in [0.15, 0.2) is 60.7 Å². The highest BCUT2D eigenvalue weighted by atomic mass is 16.3. The highest BCUT2D eigenvalue weighted by Crippen LogP contribution is 2.31. The maximum absolute atomic E-state index is 12.6.